The molecular formula is C15H19F3N2O. The highest BCUT2D eigenvalue weighted by atomic mass is 19.4. The SMILES string of the molecule is CC(NC(=O)c1ccccc1C(F)(F)F)C1CCCCN1. The van der Waals surface area contributed by atoms with E-state index in [-0.39, 0.29) is 17.6 Å². The molecule has 1 aromatic rings. The highest BCUT2D eigenvalue weighted by molar-refractivity contribution is 5.96. The molecular weight excluding hydrogens is 281 g/mol. The van der Waals surface area contributed by atoms with Crippen LogP contribution in [0.5, 0.6) is 0 Å². The summed E-state index contributed by atoms with van der Waals surface area (Å²) < 4.78 is 38.7. The van der Waals surface area contributed by atoms with Crippen LogP contribution in [0.2, 0.25) is 0 Å². The molecule has 1 aromatic carbocycles. The van der Waals surface area contributed by atoms with E-state index in [0.29, 0.717) is 0 Å². The molecule has 0 saturated carbocycles. The van der Waals surface area contributed by atoms with Crippen molar-refractivity contribution in [1.29, 1.82) is 0 Å². The number of halogens is 3. The lowest BCUT2D eigenvalue weighted by Gasteiger charge is -2.29. The average molecular weight is 300 g/mol. The number of benzene rings is 1. The first-order valence-corrected chi connectivity index (χ1v) is 7.10. The first-order valence-electron chi connectivity index (χ1n) is 7.10. The fourth-order valence-corrected chi connectivity index (χ4v) is 2.62. The first kappa shape index (κ1) is 15.8. The number of piperidine rings is 1. The van der Waals surface area contributed by atoms with Crippen LogP contribution in [0, 0.1) is 0 Å². The molecule has 21 heavy (non-hydrogen) atoms. The van der Waals surface area contributed by atoms with Crippen molar-refractivity contribution in [1.82, 2.24) is 10.6 Å². The molecule has 2 rings (SSSR count). The molecule has 1 saturated heterocycles. The molecule has 1 heterocycles. The Bertz CT molecular complexity index is 496. The second kappa shape index (κ2) is 6.47. The molecule has 0 aliphatic carbocycles. The molecule has 6 heteroatoms. The van der Waals surface area contributed by atoms with E-state index in [4.69, 9.17) is 0 Å². The van der Waals surface area contributed by atoms with Gasteiger partial charge in [-0.15, -0.1) is 0 Å². The Morgan fingerprint density at radius 2 is 2.05 bits per heavy atom. The second-order valence-corrected chi connectivity index (χ2v) is 5.36. The Morgan fingerprint density at radius 3 is 2.67 bits per heavy atom. The zero-order chi connectivity index (χ0) is 15.5. The van der Waals surface area contributed by atoms with Crippen LogP contribution in [0.15, 0.2) is 24.3 Å². The summed E-state index contributed by atoms with van der Waals surface area (Å²) in [6.45, 7) is 2.70. The summed E-state index contributed by atoms with van der Waals surface area (Å²) in [5.41, 5.74) is -1.22. The molecule has 0 aromatic heterocycles. The van der Waals surface area contributed by atoms with Crippen molar-refractivity contribution in [3.05, 3.63) is 35.4 Å². The molecule has 0 radical (unpaired) electrons. The standard InChI is InChI=1S/C15H19F3N2O/c1-10(13-8-4-5-9-19-13)20-14(21)11-6-2-3-7-12(11)15(16,17)18/h2-3,6-7,10,13,19H,4-5,8-9H2,1H3,(H,20,21). The van der Waals surface area contributed by atoms with Crippen LogP contribution in [0.3, 0.4) is 0 Å². The van der Waals surface area contributed by atoms with Crippen LogP contribution in [0.1, 0.15) is 42.1 Å². The fraction of sp³-hybridized carbons (Fsp3) is 0.533. The van der Waals surface area contributed by atoms with Crippen molar-refractivity contribution in [3.8, 4) is 0 Å². The van der Waals surface area contributed by atoms with E-state index < -0.39 is 17.6 Å². The number of hydrogen-bond donors (Lipinski definition) is 2. The monoisotopic (exact) mass is 300 g/mol. The van der Waals surface area contributed by atoms with Crippen LogP contribution in [-0.2, 0) is 6.18 Å². The minimum atomic E-state index is -4.53. The molecule has 1 aliphatic heterocycles. The van der Waals surface area contributed by atoms with E-state index in [9.17, 15) is 18.0 Å². The van der Waals surface area contributed by atoms with Crippen LogP contribution in [-0.4, -0.2) is 24.5 Å². The Kier molecular flexibility index (Phi) is 4.88. The van der Waals surface area contributed by atoms with Gasteiger partial charge in [0.05, 0.1) is 11.1 Å². The maximum atomic E-state index is 12.9. The largest absolute Gasteiger partial charge is 0.417 e. The molecule has 3 nitrogen and oxygen atoms in total. The smallest absolute Gasteiger partial charge is 0.348 e. The molecule has 1 fully saturated rings. The van der Waals surface area contributed by atoms with E-state index in [1.165, 1.54) is 18.2 Å². The van der Waals surface area contributed by atoms with Gasteiger partial charge >= 0.3 is 6.18 Å². The van der Waals surface area contributed by atoms with Gasteiger partial charge in [-0.05, 0) is 38.4 Å². The molecule has 1 aliphatic rings. The summed E-state index contributed by atoms with van der Waals surface area (Å²) in [6, 6.07) is 4.76. The average Bonchev–Trinajstić information content (AvgIpc) is 2.47. The number of carbonyl (C=O) groups is 1. The Hall–Kier alpha value is -1.56. The van der Waals surface area contributed by atoms with Gasteiger partial charge < -0.3 is 10.6 Å². The summed E-state index contributed by atoms with van der Waals surface area (Å²) >= 11 is 0. The Labute approximate surface area is 121 Å². The Balaban J connectivity index is 2.10. The third kappa shape index (κ3) is 3.97. The number of carbonyl (C=O) groups excluding carboxylic acids is 1. The predicted molar refractivity (Wildman–Crippen MR) is 74.0 cm³/mol. The van der Waals surface area contributed by atoms with Crippen molar-refractivity contribution in [2.45, 2.75) is 44.4 Å². The van der Waals surface area contributed by atoms with E-state index in [1.54, 1.807) is 0 Å². The zero-order valence-electron chi connectivity index (χ0n) is 11.8. The second-order valence-electron chi connectivity index (χ2n) is 5.36. The topological polar surface area (TPSA) is 41.1 Å². The number of alkyl halides is 3. The van der Waals surface area contributed by atoms with Crippen LogP contribution >= 0.6 is 0 Å². The summed E-state index contributed by atoms with van der Waals surface area (Å²) in [5, 5.41) is 5.96. The van der Waals surface area contributed by atoms with Gasteiger partial charge in [-0.2, -0.15) is 13.2 Å². The number of rotatable bonds is 3. The maximum Gasteiger partial charge on any atom is 0.417 e. The number of nitrogens with one attached hydrogen (secondary N) is 2. The highest BCUT2D eigenvalue weighted by Gasteiger charge is 2.35. The molecule has 116 valence electrons. The van der Waals surface area contributed by atoms with Gasteiger partial charge in [0.25, 0.3) is 5.91 Å². The lowest BCUT2D eigenvalue weighted by molar-refractivity contribution is -0.137. The van der Waals surface area contributed by atoms with Crippen molar-refractivity contribution < 1.29 is 18.0 Å². The van der Waals surface area contributed by atoms with Crippen molar-refractivity contribution in [2.75, 3.05) is 6.54 Å². The van der Waals surface area contributed by atoms with Crippen LogP contribution < -0.4 is 10.6 Å². The zero-order valence-corrected chi connectivity index (χ0v) is 11.8. The minimum absolute atomic E-state index is 0.112. The van der Waals surface area contributed by atoms with E-state index in [2.05, 4.69) is 10.6 Å². The summed E-state index contributed by atoms with van der Waals surface area (Å²) in [4.78, 5) is 12.1. The molecule has 2 N–H and O–H groups in total. The van der Waals surface area contributed by atoms with Gasteiger partial charge in [0.1, 0.15) is 0 Å². The third-order valence-electron chi connectivity index (χ3n) is 3.79. The number of amides is 1. The van der Waals surface area contributed by atoms with Crippen LogP contribution in [0.4, 0.5) is 13.2 Å². The van der Waals surface area contributed by atoms with Gasteiger partial charge in [-0.1, -0.05) is 18.6 Å². The minimum Gasteiger partial charge on any atom is -0.348 e. The quantitative estimate of drug-likeness (QED) is 0.901. The van der Waals surface area contributed by atoms with Gasteiger partial charge in [-0.25, -0.2) is 0 Å². The normalized spacial score (nSPS) is 20.9. The molecule has 2 atom stereocenters. The van der Waals surface area contributed by atoms with Gasteiger partial charge in [0.2, 0.25) is 0 Å². The molecule has 0 spiro atoms. The predicted octanol–water partition coefficient (Wildman–Crippen LogP) is 2.97. The summed E-state index contributed by atoms with van der Waals surface area (Å²) in [7, 11) is 0. The van der Waals surface area contributed by atoms with Gasteiger partial charge in [0.15, 0.2) is 0 Å². The molecule has 2 unspecified atom stereocenters. The summed E-state index contributed by atoms with van der Waals surface area (Å²) in [6.07, 6.45) is -1.45. The van der Waals surface area contributed by atoms with Gasteiger partial charge in [-0.3, -0.25) is 4.79 Å². The van der Waals surface area contributed by atoms with E-state index >= 15 is 0 Å². The van der Waals surface area contributed by atoms with Gasteiger partial charge in [0, 0.05) is 12.1 Å². The third-order valence-corrected chi connectivity index (χ3v) is 3.79. The highest BCUT2D eigenvalue weighted by Crippen LogP contribution is 2.31. The van der Waals surface area contributed by atoms with Crippen LogP contribution in [0.25, 0.3) is 0 Å². The molecule has 1 amide bonds. The fourth-order valence-electron chi connectivity index (χ4n) is 2.62. The first-order chi connectivity index (χ1) is 9.89. The lowest BCUT2D eigenvalue weighted by Crippen LogP contribution is -2.50. The maximum absolute atomic E-state index is 12.9. The van der Waals surface area contributed by atoms with Crippen molar-refractivity contribution >= 4 is 5.91 Å². The Morgan fingerprint density at radius 1 is 1.33 bits per heavy atom. The number of hydrogen-bond acceptors (Lipinski definition) is 2. The van der Waals surface area contributed by atoms with E-state index in [0.717, 1.165) is 31.9 Å². The van der Waals surface area contributed by atoms with E-state index in [1.807, 2.05) is 6.92 Å². The summed E-state index contributed by atoms with van der Waals surface area (Å²) in [5.74, 6) is -0.678. The lowest BCUT2D eigenvalue weighted by atomic mass is 9.98. The molecule has 0 bridgehead atoms. The van der Waals surface area contributed by atoms with Crippen molar-refractivity contribution in [2.24, 2.45) is 0 Å². The van der Waals surface area contributed by atoms with Crippen molar-refractivity contribution in [3.63, 3.8) is 0 Å².